The smallest absolute Gasteiger partial charge is 0.126 e. The third-order valence-electron chi connectivity index (χ3n) is 2.82. The van der Waals surface area contributed by atoms with Gasteiger partial charge in [-0.2, -0.15) is 0 Å². The van der Waals surface area contributed by atoms with Gasteiger partial charge in [0, 0.05) is 0 Å². The van der Waals surface area contributed by atoms with Crippen LogP contribution in [-0.4, -0.2) is 22.4 Å². The highest BCUT2D eigenvalue weighted by atomic mass is 16.5. The minimum absolute atomic E-state index is 0.0845. The third kappa shape index (κ3) is 3.85. The quantitative estimate of drug-likeness (QED) is 0.674. The second-order valence-electron chi connectivity index (χ2n) is 5.14. The van der Waals surface area contributed by atoms with Gasteiger partial charge >= 0.3 is 0 Å². The normalized spacial score (nSPS) is 31.5. The molecule has 1 rings (SSSR count). The van der Waals surface area contributed by atoms with E-state index in [0.717, 1.165) is 19.3 Å². The molecule has 1 saturated heterocycles. The van der Waals surface area contributed by atoms with Crippen LogP contribution in [0.5, 0.6) is 0 Å². The van der Waals surface area contributed by atoms with E-state index >= 15 is 0 Å². The van der Waals surface area contributed by atoms with Gasteiger partial charge in [0.2, 0.25) is 0 Å². The molecule has 15 heavy (non-hydrogen) atoms. The summed E-state index contributed by atoms with van der Waals surface area (Å²) >= 11 is 0. The maximum Gasteiger partial charge on any atom is 0.126 e. The van der Waals surface area contributed by atoms with Crippen molar-refractivity contribution in [2.24, 2.45) is 0 Å². The molecule has 0 unspecified atom stereocenters. The number of aliphatic hydroxyl groups excluding tert-OH is 1. The molecule has 1 N–H and O–H groups in total. The van der Waals surface area contributed by atoms with Crippen molar-refractivity contribution in [2.45, 2.75) is 70.7 Å². The first-order valence-electron chi connectivity index (χ1n) is 5.78. The summed E-state index contributed by atoms with van der Waals surface area (Å²) < 4.78 is 5.97. The van der Waals surface area contributed by atoms with Crippen molar-refractivity contribution in [2.75, 3.05) is 0 Å². The molecule has 0 bridgehead atoms. The van der Waals surface area contributed by atoms with Gasteiger partial charge in [0.15, 0.2) is 0 Å². The highest BCUT2D eigenvalue weighted by Gasteiger charge is 2.35. The zero-order valence-corrected chi connectivity index (χ0v) is 10.3. The molecule has 86 valence electrons. The molecule has 0 amide bonds. The summed E-state index contributed by atoms with van der Waals surface area (Å²) in [5, 5.41) is 9.40. The van der Waals surface area contributed by atoms with Gasteiger partial charge in [-0.1, -0.05) is 18.8 Å². The van der Waals surface area contributed by atoms with Gasteiger partial charge in [-0.15, -0.1) is 0 Å². The summed E-state index contributed by atoms with van der Waals surface area (Å²) in [5.74, 6) is 5.94. The van der Waals surface area contributed by atoms with Crippen molar-refractivity contribution >= 4 is 0 Å². The first kappa shape index (κ1) is 12.5. The highest BCUT2D eigenvalue weighted by molar-refractivity contribution is 5.17. The number of ether oxygens (including phenoxy) is 1. The van der Waals surface area contributed by atoms with Crippen LogP contribution >= 0.6 is 0 Å². The SMILES string of the molecule is CC[C@H](O)C#C[C@]1(C)CCCC(C)(C)O1. The number of rotatable bonds is 1. The average molecular weight is 210 g/mol. The van der Waals surface area contributed by atoms with Crippen LogP contribution in [0.25, 0.3) is 0 Å². The van der Waals surface area contributed by atoms with Crippen LogP contribution in [0, 0.1) is 11.8 Å². The summed E-state index contributed by atoms with van der Waals surface area (Å²) in [5.41, 5.74) is -0.462. The molecule has 1 aliphatic heterocycles. The van der Waals surface area contributed by atoms with E-state index in [2.05, 4.69) is 25.7 Å². The molecule has 0 aromatic heterocycles. The van der Waals surface area contributed by atoms with Gasteiger partial charge in [-0.25, -0.2) is 0 Å². The molecule has 1 fully saturated rings. The predicted octanol–water partition coefficient (Wildman–Crippen LogP) is 2.50. The summed E-state index contributed by atoms with van der Waals surface area (Å²) in [4.78, 5) is 0. The second-order valence-corrected chi connectivity index (χ2v) is 5.14. The standard InChI is InChI=1S/C13H22O2/c1-5-11(14)7-10-13(4)9-6-8-12(2,3)15-13/h11,14H,5-6,8-9H2,1-4H3/t11-,13-/m0/s1. The van der Waals surface area contributed by atoms with E-state index in [0.29, 0.717) is 6.42 Å². The molecular weight excluding hydrogens is 188 g/mol. The van der Waals surface area contributed by atoms with Crippen LogP contribution in [0.2, 0.25) is 0 Å². The van der Waals surface area contributed by atoms with Crippen molar-refractivity contribution in [3.05, 3.63) is 0 Å². The molecule has 2 atom stereocenters. The minimum Gasteiger partial charge on any atom is -0.380 e. The van der Waals surface area contributed by atoms with E-state index in [1.807, 2.05) is 13.8 Å². The lowest BCUT2D eigenvalue weighted by molar-refractivity contribution is -0.135. The van der Waals surface area contributed by atoms with Crippen LogP contribution < -0.4 is 0 Å². The molecule has 0 aromatic rings. The van der Waals surface area contributed by atoms with Crippen molar-refractivity contribution in [3.63, 3.8) is 0 Å². The highest BCUT2D eigenvalue weighted by Crippen LogP contribution is 2.34. The third-order valence-corrected chi connectivity index (χ3v) is 2.82. The zero-order valence-electron chi connectivity index (χ0n) is 10.3. The fourth-order valence-corrected chi connectivity index (χ4v) is 1.99. The van der Waals surface area contributed by atoms with Crippen LogP contribution in [-0.2, 0) is 4.74 Å². The van der Waals surface area contributed by atoms with E-state index in [1.165, 1.54) is 0 Å². The molecule has 1 aliphatic rings. The Labute approximate surface area is 93.0 Å². The number of hydrogen-bond donors (Lipinski definition) is 1. The van der Waals surface area contributed by atoms with E-state index in [-0.39, 0.29) is 11.2 Å². The summed E-state index contributed by atoms with van der Waals surface area (Å²) in [6, 6.07) is 0. The van der Waals surface area contributed by atoms with Crippen LogP contribution in [0.4, 0.5) is 0 Å². The molecule has 2 heteroatoms. The molecule has 0 spiro atoms. The van der Waals surface area contributed by atoms with Gasteiger partial charge < -0.3 is 9.84 Å². The van der Waals surface area contributed by atoms with Gasteiger partial charge in [-0.05, 0) is 46.5 Å². The van der Waals surface area contributed by atoms with E-state index in [4.69, 9.17) is 4.74 Å². The van der Waals surface area contributed by atoms with Crippen LogP contribution in [0.1, 0.15) is 53.4 Å². The van der Waals surface area contributed by atoms with E-state index in [1.54, 1.807) is 0 Å². The second kappa shape index (κ2) is 4.55. The van der Waals surface area contributed by atoms with Crippen molar-refractivity contribution in [1.82, 2.24) is 0 Å². The average Bonchev–Trinajstić information content (AvgIpc) is 2.12. The lowest BCUT2D eigenvalue weighted by atomic mass is 9.88. The number of hydrogen-bond acceptors (Lipinski definition) is 2. The lowest BCUT2D eigenvalue weighted by Crippen LogP contribution is -2.42. The Kier molecular flexibility index (Phi) is 3.81. The summed E-state index contributed by atoms with van der Waals surface area (Å²) in [6.07, 6.45) is 3.34. The Morgan fingerprint density at radius 1 is 1.33 bits per heavy atom. The van der Waals surface area contributed by atoms with Crippen molar-refractivity contribution < 1.29 is 9.84 Å². The zero-order chi connectivity index (χ0) is 11.5. The summed E-state index contributed by atoms with van der Waals surface area (Å²) in [6.45, 7) is 8.14. The Morgan fingerprint density at radius 2 is 2.00 bits per heavy atom. The Hall–Kier alpha value is -0.520. The maximum atomic E-state index is 9.40. The number of aliphatic hydroxyl groups is 1. The molecule has 0 aliphatic carbocycles. The minimum atomic E-state index is -0.518. The Balaban J connectivity index is 2.68. The lowest BCUT2D eigenvalue weighted by Gasteiger charge is -2.40. The first-order chi connectivity index (χ1) is 6.87. The maximum absolute atomic E-state index is 9.40. The largest absolute Gasteiger partial charge is 0.380 e. The van der Waals surface area contributed by atoms with Gasteiger partial charge in [0.05, 0.1) is 5.60 Å². The van der Waals surface area contributed by atoms with Crippen molar-refractivity contribution in [3.8, 4) is 11.8 Å². The van der Waals surface area contributed by atoms with E-state index < -0.39 is 6.10 Å². The molecule has 0 radical (unpaired) electrons. The fraction of sp³-hybridized carbons (Fsp3) is 0.846. The Bertz CT molecular complexity index is 272. The van der Waals surface area contributed by atoms with Crippen molar-refractivity contribution in [1.29, 1.82) is 0 Å². The molecule has 2 nitrogen and oxygen atoms in total. The molecule has 0 saturated carbocycles. The van der Waals surface area contributed by atoms with Gasteiger partial charge in [0.25, 0.3) is 0 Å². The summed E-state index contributed by atoms with van der Waals surface area (Å²) in [7, 11) is 0. The fourth-order valence-electron chi connectivity index (χ4n) is 1.99. The van der Waals surface area contributed by atoms with Crippen LogP contribution in [0.15, 0.2) is 0 Å². The molecule has 0 aromatic carbocycles. The van der Waals surface area contributed by atoms with Crippen LogP contribution in [0.3, 0.4) is 0 Å². The van der Waals surface area contributed by atoms with Gasteiger partial charge in [-0.3, -0.25) is 0 Å². The predicted molar refractivity (Wildman–Crippen MR) is 61.5 cm³/mol. The molecular formula is C13H22O2. The topological polar surface area (TPSA) is 29.5 Å². The monoisotopic (exact) mass is 210 g/mol. The van der Waals surface area contributed by atoms with Gasteiger partial charge in [0.1, 0.15) is 11.7 Å². The van der Waals surface area contributed by atoms with E-state index in [9.17, 15) is 5.11 Å². The first-order valence-corrected chi connectivity index (χ1v) is 5.78. The Morgan fingerprint density at radius 3 is 2.53 bits per heavy atom. The molecule has 1 heterocycles.